The predicted molar refractivity (Wildman–Crippen MR) is 128 cm³/mol. The quantitative estimate of drug-likeness (QED) is 0.305. The Balaban J connectivity index is 1.54. The number of aryl methyl sites for hydroxylation is 1. The van der Waals surface area contributed by atoms with Crippen molar-refractivity contribution >= 4 is 11.6 Å². The van der Waals surface area contributed by atoms with Gasteiger partial charge in [-0.1, -0.05) is 19.3 Å². The Kier molecular flexibility index (Phi) is 9.81. The van der Waals surface area contributed by atoms with E-state index >= 15 is 0 Å². The Morgan fingerprint density at radius 3 is 2.69 bits per heavy atom. The zero-order valence-corrected chi connectivity index (χ0v) is 19.7. The predicted octanol–water partition coefficient (Wildman–Crippen LogP) is 4.38. The molecule has 0 atom stereocenters. The highest BCUT2D eigenvalue weighted by Gasteiger charge is 2.13. The average molecular weight is 443 g/mol. The van der Waals surface area contributed by atoms with E-state index in [1.165, 1.54) is 32.1 Å². The van der Waals surface area contributed by atoms with Crippen molar-refractivity contribution in [2.75, 3.05) is 18.5 Å². The summed E-state index contributed by atoms with van der Waals surface area (Å²) in [6.07, 6.45) is 9.63. The van der Waals surface area contributed by atoms with Gasteiger partial charge in [0.1, 0.15) is 18.6 Å². The van der Waals surface area contributed by atoms with Gasteiger partial charge in [0.2, 0.25) is 0 Å². The van der Waals surface area contributed by atoms with Crippen LogP contribution in [0.15, 0.2) is 35.6 Å². The van der Waals surface area contributed by atoms with E-state index in [0.717, 1.165) is 43.4 Å². The molecule has 1 aliphatic rings. The minimum Gasteiger partial charge on any atom is -0.491 e. The highest BCUT2D eigenvalue weighted by Crippen LogP contribution is 2.20. The third-order valence-corrected chi connectivity index (χ3v) is 5.42. The summed E-state index contributed by atoms with van der Waals surface area (Å²) in [5.74, 6) is 2.41. The molecular formula is C24H38N6O2. The van der Waals surface area contributed by atoms with Crippen LogP contribution in [-0.4, -0.2) is 46.1 Å². The van der Waals surface area contributed by atoms with Crippen LogP contribution in [0.5, 0.6) is 5.75 Å². The molecule has 2 N–H and O–H groups in total. The second kappa shape index (κ2) is 13.1. The molecule has 1 aromatic carbocycles. The molecule has 32 heavy (non-hydrogen) atoms. The fourth-order valence-electron chi connectivity index (χ4n) is 3.74. The van der Waals surface area contributed by atoms with Gasteiger partial charge < -0.3 is 24.7 Å². The second-order valence-corrected chi connectivity index (χ2v) is 8.43. The van der Waals surface area contributed by atoms with E-state index in [2.05, 4.69) is 27.8 Å². The number of benzene rings is 1. The van der Waals surface area contributed by atoms with E-state index in [1.54, 1.807) is 6.33 Å². The topological polar surface area (TPSA) is 85.6 Å². The first kappa shape index (κ1) is 24.0. The number of aromatic nitrogens is 3. The van der Waals surface area contributed by atoms with E-state index in [4.69, 9.17) is 14.5 Å². The molecule has 0 radical (unpaired) electrons. The number of nitrogens with zero attached hydrogens (tertiary/aromatic N) is 4. The third-order valence-electron chi connectivity index (χ3n) is 5.42. The molecule has 1 heterocycles. The van der Waals surface area contributed by atoms with E-state index < -0.39 is 0 Å². The number of aliphatic imine (C=N–C) groups is 1. The van der Waals surface area contributed by atoms with Crippen molar-refractivity contribution in [3.05, 3.63) is 36.4 Å². The molecule has 0 aliphatic heterocycles. The number of hydrogen-bond acceptors (Lipinski definition) is 5. The molecule has 0 spiro atoms. The average Bonchev–Trinajstić information content (AvgIpc) is 3.26. The first-order valence-corrected chi connectivity index (χ1v) is 11.9. The number of anilines is 1. The van der Waals surface area contributed by atoms with Gasteiger partial charge >= 0.3 is 0 Å². The highest BCUT2D eigenvalue weighted by molar-refractivity contribution is 5.93. The van der Waals surface area contributed by atoms with Crippen LogP contribution < -0.4 is 15.4 Å². The molecule has 0 saturated heterocycles. The number of rotatable bonds is 11. The number of guanidine groups is 1. The lowest BCUT2D eigenvalue weighted by atomic mass is 9.98. The van der Waals surface area contributed by atoms with Gasteiger partial charge in [-0.3, -0.25) is 0 Å². The maximum absolute atomic E-state index is 6.04. The maximum Gasteiger partial charge on any atom is 0.196 e. The monoisotopic (exact) mass is 442 g/mol. The van der Waals surface area contributed by atoms with Crippen molar-refractivity contribution in [1.29, 1.82) is 0 Å². The molecule has 3 rings (SSSR count). The molecule has 176 valence electrons. The zero-order chi connectivity index (χ0) is 22.6. The summed E-state index contributed by atoms with van der Waals surface area (Å²) < 4.78 is 13.8. The van der Waals surface area contributed by atoms with Gasteiger partial charge in [-0.15, -0.1) is 10.2 Å². The molecule has 1 saturated carbocycles. The summed E-state index contributed by atoms with van der Waals surface area (Å²) in [5.41, 5.74) is 0.947. The van der Waals surface area contributed by atoms with Crippen LogP contribution >= 0.6 is 0 Å². The third kappa shape index (κ3) is 8.15. The molecule has 0 bridgehead atoms. The van der Waals surface area contributed by atoms with Gasteiger partial charge in [0.05, 0.1) is 12.2 Å². The molecule has 8 heteroatoms. The van der Waals surface area contributed by atoms with E-state index in [1.807, 2.05) is 42.7 Å². The van der Waals surface area contributed by atoms with Crippen LogP contribution in [0, 0.1) is 0 Å². The lowest BCUT2D eigenvalue weighted by molar-refractivity contribution is 0.0277. The summed E-state index contributed by atoms with van der Waals surface area (Å²) in [6.45, 7) is 8.95. The van der Waals surface area contributed by atoms with Gasteiger partial charge in [0.15, 0.2) is 11.8 Å². The van der Waals surface area contributed by atoms with Gasteiger partial charge in [-0.25, -0.2) is 4.99 Å². The summed E-state index contributed by atoms with van der Waals surface area (Å²) in [7, 11) is 0. The molecular weight excluding hydrogens is 404 g/mol. The van der Waals surface area contributed by atoms with E-state index in [-0.39, 0.29) is 6.10 Å². The van der Waals surface area contributed by atoms with Gasteiger partial charge in [0.25, 0.3) is 0 Å². The van der Waals surface area contributed by atoms with Crippen LogP contribution in [0.4, 0.5) is 5.69 Å². The first-order chi connectivity index (χ1) is 15.6. The molecule has 0 amide bonds. The minimum absolute atomic E-state index is 0.152. The molecule has 0 unspecified atom stereocenters. The van der Waals surface area contributed by atoms with Crippen LogP contribution in [-0.2, 0) is 17.8 Å². The van der Waals surface area contributed by atoms with Crippen LogP contribution in [0.3, 0.4) is 0 Å². The van der Waals surface area contributed by atoms with Crippen LogP contribution in [0.25, 0.3) is 0 Å². The van der Waals surface area contributed by atoms with Crippen LogP contribution in [0.1, 0.15) is 65.1 Å². The van der Waals surface area contributed by atoms with Gasteiger partial charge in [-0.05, 0) is 64.3 Å². The molecule has 1 aromatic heterocycles. The first-order valence-electron chi connectivity index (χ1n) is 11.9. The van der Waals surface area contributed by atoms with Crippen molar-refractivity contribution in [1.82, 2.24) is 20.1 Å². The van der Waals surface area contributed by atoms with Crippen molar-refractivity contribution in [2.45, 2.75) is 84.6 Å². The molecule has 8 nitrogen and oxygen atoms in total. The summed E-state index contributed by atoms with van der Waals surface area (Å²) in [5, 5.41) is 15.0. The Hall–Kier alpha value is -2.61. The van der Waals surface area contributed by atoms with Gasteiger partial charge in [0, 0.05) is 25.4 Å². The SMILES string of the molecule is CCn1cnnc1CN=C(NCCCOC1CCCCC1)Nc1ccc(OC(C)C)cc1. The molecule has 2 aromatic rings. The smallest absolute Gasteiger partial charge is 0.196 e. The fourth-order valence-corrected chi connectivity index (χ4v) is 3.74. The Bertz CT molecular complexity index is 812. The summed E-state index contributed by atoms with van der Waals surface area (Å²) in [6, 6.07) is 7.92. The minimum atomic E-state index is 0.152. The Morgan fingerprint density at radius 1 is 1.19 bits per heavy atom. The number of hydrogen-bond donors (Lipinski definition) is 2. The van der Waals surface area contributed by atoms with Crippen molar-refractivity contribution in [2.24, 2.45) is 4.99 Å². The fraction of sp³-hybridized carbons (Fsp3) is 0.625. The van der Waals surface area contributed by atoms with E-state index in [0.29, 0.717) is 18.6 Å². The van der Waals surface area contributed by atoms with Gasteiger partial charge in [-0.2, -0.15) is 0 Å². The number of ether oxygens (including phenoxy) is 2. The normalized spacial score (nSPS) is 15.2. The standard InChI is InChI=1S/C24H38N6O2/c1-4-30-18-27-29-23(30)17-26-24(25-15-8-16-31-21-9-6-5-7-10-21)28-20-11-13-22(14-12-20)32-19(2)3/h11-14,18-19,21H,4-10,15-17H2,1-3H3,(H2,25,26,28). The summed E-state index contributed by atoms with van der Waals surface area (Å²) in [4.78, 5) is 4.73. The lowest BCUT2D eigenvalue weighted by Crippen LogP contribution is -2.32. The molecule has 1 fully saturated rings. The lowest BCUT2D eigenvalue weighted by Gasteiger charge is -2.22. The van der Waals surface area contributed by atoms with Crippen molar-refractivity contribution < 1.29 is 9.47 Å². The maximum atomic E-state index is 6.04. The number of nitrogens with one attached hydrogen (secondary N) is 2. The Morgan fingerprint density at radius 2 is 1.97 bits per heavy atom. The second-order valence-electron chi connectivity index (χ2n) is 8.43. The summed E-state index contributed by atoms with van der Waals surface area (Å²) >= 11 is 0. The van der Waals surface area contributed by atoms with Crippen molar-refractivity contribution in [3.63, 3.8) is 0 Å². The van der Waals surface area contributed by atoms with Crippen LogP contribution in [0.2, 0.25) is 0 Å². The van der Waals surface area contributed by atoms with Crippen molar-refractivity contribution in [3.8, 4) is 5.75 Å². The highest BCUT2D eigenvalue weighted by atomic mass is 16.5. The zero-order valence-electron chi connectivity index (χ0n) is 19.7. The molecule has 1 aliphatic carbocycles. The van der Waals surface area contributed by atoms with E-state index in [9.17, 15) is 0 Å². The Labute approximate surface area is 191 Å². The largest absolute Gasteiger partial charge is 0.491 e.